The van der Waals surface area contributed by atoms with Crippen molar-refractivity contribution in [3.8, 4) is 0 Å². The Kier molecular flexibility index (Phi) is 12.8. The maximum Gasteiger partial charge on any atom is 0.269 e. The van der Waals surface area contributed by atoms with Crippen LogP contribution in [0.2, 0.25) is 0 Å². The van der Waals surface area contributed by atoms with E-state index >= 15 is 0 Å². The van der Waals surface area contributed by atoms with Crippen LogP contribution in [0.1, 0.15) is 47.9 Å². The molecule has 1 aromatic rings. The van der Waals surface area contributed by atoms with Crippen molar-refractivity contribution in [2.24, 2.45) is 15.9 Å². The number of Topliss-reactive ketones (excluding diaryl/α,β-unsaturated/α-hetero) is 2. The minimum absolute atomic E-state index is 0.0414. The molecule has 35 heavy (non-hydrogen) atoms. The summed E-state index contributed by atoms with van der Waals surface area (Å²) in [4.78, 5) is 45.0. The molecule has 2 unspecified atom stereocenters. The van der Waals surface area contributed by atoms with E-state index < -0.39 is 11.8 Å². The molecule has 6 nitrogen and oxygen atoms in total. The van der Waals surface area contributed by atoms with Crippen LogP contribution in [0.15, 0.2) is 56.1 Å². The minimum atomic E-state index is -0.691. The van der Waals surface area contributed by atoms with Crippen molar-refractivity contribution in [3.05, 3.63) is 68.3 Å². The topological polar surface area (TPSA) is 88.0 Å². The molecule has 1 aliphatic carbocycles. The number of hydrogen-bond donors (Lipinski definition) is 1. The van der Waals surface area contributed by atoms with Crippen molar-refractivity contribution in [1.82, 2.24) is 5.32 Å². The number of nitrogens with zero attached hydrogens (tertiary/aromatic N) is 2. The van der Waals surface area contributed by atoms with Crippen LogP contribution in [0.5, 0.6) is 0 Å². The first-order chi connectivity index (χ1) is 16.5. The minimum Gasteiger partial charge on any atom is -0.351 e. The second kappa shape index (κ2) is 14.7. The Labute approximate surface area is 221 Å². The van der Waals surface area contributed by atoms with Gasteiger partial charge in [-0.05, 0) is 63.6 Å². The third kappa shape index (κ3) is 9.15. The van der Waals surface area contributed by atoms with Gasteiger partial charge in [0.2, 0.25) is 0 Å². The second-order valence-electron chi connectivity index (χ2n) is 8.26. The Morgan fingerprint density at radius 3 is 2.31 bits per heavy atom. The summed E-state index contributed by atoms with van der Waals surface area (Å²) in [6, 6.07) is 4.01. The fraction of sp³-hybridized carbons (Fsp3) is 0.370. The van der Waals surface area contributed by atoms with E-state index in [0.717, 1.165) is 22.3 Å². The quantitative estimate of drug-likeness (QED) is 0.191. The third-order valence-electron chi connectivity index (χ3n) is 5.49. The number of halogens is 2. The summed E-state index contributed by atoms with van der Waals surface area (Å²) >= 11 is 8.62. The number of hydrogen-bond acceptors (Lipinski definition) is 5. The molecule has 0 aliphatic heterocycles. The first-order valence-corrected chi connectivity index (χ1v) is 12.3. The highest BCUT2D eigenvalue weighted by molar-refractivity contribution is 9.11. The van der Waals surface area contributed by atoms with E-state index in [0.29, 0.717) is 15.9 Å². The number of carbonyl (C=O) groups excluding carboxylic acids is 3. The third-order valence-corrected chi connectivity index (χ3v) is 6.03. The van der Waals surface area contributed by atoms with Gasteiger partial charge in [0.15, 0.2) is 5.78 Å². The van der Waals surface area contributed by atoms with Gasteiger partial charge in [0, 0.05) is 36.6 Å². The smallest absolute Gasteiger partial charge is 0.269 e. The van der Waals surface area contributed by atoms with E-state index in [1.165, 1.54) is 6.08 Å². The van der Waals surface area contributed by atoms with E-state index in [2.05, 4.69) is 44.5 Å². The Morgan fingerprint density at radius 1 is 1.26 bits per heavy atom. The molecule has 0 bridgehead atoms. The van der Waals surface area contributed by atoms with Crippen LogP contribution >= 0.6 is 27.5 Å². The molecule has 0 saturated heterocycles. The molecule has 0 radical (unpaired) electrons. The van der Waals surface area contributed by atoms with Crippen LogP contribution in [-0.4, -0.2) is 44.0 Å². The van der Waals surface area contributed by atoms with Gasteiger partial charge in [-0.25, -0.2) is 0 Å². The Hall–Kier alpha value is -2.64. The number of aryl methyl sites for hydroxylation is 3. The monoisotopic (exact) mass is 561 g/mol. The van der Waals surface area contributed by atoms with Crippen molar-refractivity contribution >= 4 is 57.9 Å². The van der Waals surface area contributed by atoms with Crippen LogP contribution in [0.25, 0.3) is 0 Å². The predicted octanol–water partition coefficient (Wildman–Crippen LogP) is 5.68. The maximum atomic E-state index is 12.9. The van der Waals surface area contributed by atoms with Crippen molar-refractivity contribution in [2.75, 3.05) is 13.6 Å². The Morgan fingerprint density at radius 2 is 1.86 bits per heavy atom. The standard InChI is InChI=1S/C22H25BrN2O3.C5H8ClN/c1-12-8-13(2)19(14(3)9-12)20-18(26)11-16(21(20)27)6-7-25-22(28)17(24-5)10-15(4)23;1-3-5(6)4-7-2/h8-10,16,20H,4-7,11H2,1-3H3,(H,25,28);3-4H,1-2H3/b17-10-;5-3+,7-4?. The maximum absolute atomic E-state index is 12.9. The molecule has 2 rings (SSSR count). The van der Waals surface area contributed by atoms with Crippen LogP contribution in [0.4, 0.5) is 0 Å². The SMILES string of the molecule is C/C=C(/Cl)C=NC.C=N/C(=C\C(=C)Br)C(=O)NCCC1CC(=O)C(c2c(C)cc(C)cc2C)C1=O. The predicted molar refractivity (Wildman–Crippen MR) is 149 cm³/mol. The fourth-order valence-corrected chi connectivity index (χ4v) is 4.34. The van der Waals surface area contributed by atoms with Gasteiger partial charge in [-0.1, -0.05) is 57.9 Å². The average Bonchev–Trinajstić information content (AvgIpc) is 3.05. The summed E-state index contributed by atoms with van der Waals surface area (Å²) in [5, 5.41) is 3.40. The molecule has 1 amide bonds. The molecule has 1 aliphatic rings. The lowest BCUT2D eigenvalue weighted by atomic mass is 9.86. The van der Waals surface area contributed by atoms with E-state index in [4.69, 9.17) is 11.6 Å². The summed E-state index contributed by atoms with van der Waals surface area (Å²) in [6.45, 7) is 15.0. The normalized spacial score (nSPS) is 18.4. The zero-order valence-electron chi connectivity index (χ0n) is 21.0. The number of aliphatic imine (C=N–C) groups is 2. The molecular formula is C27H33BrClN3O3. The molecule has 0 aromatic heterocycles. The molecule has 188 valence electrons. The average molecular weight is 563 g/mol. The number of benzene rings is 1. The first kappa shape index (κ1) is 30.4. The molecule has 1 N–H and O–H groups in total. The number of amides is 1. The molecule has 8 heteroatoms. The van der Waals surface area contributed by atoms with Crippen LogP contribution in [0, 0.1) is 26.7 Å². The highest BCUT2D eigenvalue weighted by Crippen LogP contribution is 2.37. The van der Waals surface area contributed by atoms with Gasteiger partial charge in [0.25, 0.3) is 5.91 Å². The van der Waals surface area contributed by atoms with Gasteiger partial charge in [0.1, 0.15) is 17.4 Å². The van der Waals surface area contributed by atoms with Crippen LogP contribution in [0.3, 0.4) is 0 Å². The van der Waals surface area contributed by atoms with E-state index in [1.54, 1.807) is 19.3 Å². The fourth-order valence-electron chi connectivity index (χ4n) is 4.03. The van der Waals surface area contributed by atoms with Crippen molar-refractivity contribution < 1.29 is 14.4 Å². The molecule has 1 saturated carbocycles. The zero-order chi connectivity index (χ0) is 26.7. The number of ketones is 2. The summed E-state index contributed by atoms with van der Waals surface area (Å²) < 4.78 is 0.508. The van der Waals surface area contributed by atoms with Gasteiger partial charge in [-0.2, -0.15) is 0 Å². The second-order valence-corrected chi connectivity index (χ2v) is 9.71. The Balaban J connectivity index is 0.000000762. The Bertz CT molecular complexity index is 1070. The number of nitrogens with one attached hydrogen (secondary N) is 1. The molecule has 0 heterocycles. The van der Waals surface area contributed by atoms with Gasteiger partial charge in [-0.15, -0.1) is 0 Å². The number of allylic oxidation sites excluding steroid dienone is 4. The summed E-state index contributed by atoms with van der Waals surface area (Å²) in [6.07, 6.45) is 5.48. The molecule has 1 fully saturated rings. The highest BCUT2D eigenvalue weighted by atomic mass is 79.9. The van der Waals surface area contributed by atoms with Crippen molar-refractivity contribution in [1.29, 1.82) is 0 Å². The molecule has 1 aromatic carbocycles. The summed E-state index contributed by atoms with van der Waals surface area (Å²) in [5.41, 5.74) is 4.03. The van der Waals surface area contributed by atoms with Gasteiger partial charge in [0.05, 0.1) is 5.03 Å². The van der Waals surface area contributed by atoms with Gasteiger partial charge >= 0.3 is 0 Å². The van der Waals surface area contributed by atoms with Crippen molar-refractivity contribution in [3.63, 3.8) is 0 Å². The van der Waals surface area contributed by atoms with E-state index in [1.807, 2.05) is 39.8 Å². The number of rotatable bonds is 8. The molecular weight excluding hydrogens is 530 g/mol. The lowest BCUT2D eigenvalue weighted by Gasteiger charge is -2.16. The first-order valence-electron chi connectivity index (χ1n) is 11.2. The number of carbonyl (C=O) groups is 3. The summed E-state index contributed by atoms with van der Waals surface area (Å²) in [5.74, 6) is -1.56. The van der Waals surface area contributed by atoms with Crippen LogP contribution < -0.4 is 5.32 Å². The lowest BCUT2D eigenvalue weighted by molar-refractivity contribution is -0.125. The molecule has 2 atom stereocenters. The largest absolute Gasteiger partial charge is 0.351 e. The summed E-state index contributed by atoms with van der Waals surface area (Å²) in [7, 11) is 1.69. The van der Waals surface area contributed by atoms with E-state index in [9.17, 15) is 14.4 Å². The lowest BCUT2D eigenvalue weighted by Crippen LogP contribution is -2.28. The van der Waals surface area contributed by atoms with Gasteiger partial charge < -0.3 is 5.32 Å². The van der Waals surface area contributed by atoms with Crippen LogP contribution in [-0.2, 0) is 14.4 Å². The van der Waals surface area contributed by atoms with E-state index in [-0.39, 0.29) is 36.1 Å². The molecule has 0 spiro atoms. The van der Waals surface area contributed by atoms with Crippen molar-refractivity contribution in [2.45, 2.75) is 46.5 Å². The zero-order valence-corrected chi connectivity index (χ0v) is 23.3. The highest BCUT2D eigenvalue weighted by Gasteiger charge is 2.42. The van der Waals surface area contributed by atoms with Gasteiger partial charge in [-0.3, -0.25) is 24.4 Å².